The zero-order valence-electron chi connectivity index (χ0n) is 16.3. The van der Waals surface area contributed by atoms with Gasteiger partial charge in [0.15, 0.2) is 0 Å². The fraction of sp³-hybridized carbons (Fsp3) is 0.409. The van der Waals surface area contributed by atoms with Gasteiger partial charge in [0, 0.05) is 23.8 Å². The molecule has 5 heteroatoms. The predicted molar refractivity (Wildman–Crippen MR) is 113 cm³/mol. The molecule has 4 rings (SSSR count). The van der Waals surface area contributed by atoms with Gasteiger partial charge in [0.1, 0.15) is 5.75 Å². The smallest absolute Gasteiger partial charge is 0.410 e. The second-order valence-corrected chi connectivity index (χ2v) is 9.16. The molecule has 2 aromatic rings. The molecule has 2 atom stereocenters. The molecule has 2 heterocycles. The Morgan fingerprint density at radius 1 is 1.26 bits per heavy atom. The van der Waals surface area contributed by atoms with Crippen LogP contribution in [0, 0.1) is 0 Å². The van der Waals surface area contributed by atoms with Crippen LogP contribution in [0.3, 0.4) is 0 Å². The number of nitrogens with one attached hydrogen (secondary N) is 1. The molecule has 1 saturated heterocycles. The molecule has 2 aromatic carbocycles. The average Bonchev–Trinajstić information content (AvgIpc) is 3.12. The van der Waals surface area contributed by atoms with Gasteiger partial charge >= 0.3 is 6.09 Å². The Labute approximate surface area is 165 Å². The van der Waals surface area contributed by atoms with E-state index in [2.05, 4.69) is 44.1 Å². The Hall–Kier alpha value is -2.14. The molecule has 0 aliphatic carbocycles. The number of fused-ring (bicyclic) bond motifs is 3. The number of ether oxygens (including phenoxy) is 1. The first-order valence-corrected chi connectivity index (χ1v) is 10.5. The van der Waals surface area contributed by atoms with Gasteiger partial charge < -0.3 is 9.64 Å². The van der Waals surface area contributed by atoms with Crippen molar-refractivity contribution in [2.75, 3.05) is 23.0 Å². The Morgan fingerprint density at radius 3 is 2.70 bits per heavy atom. The van der Waals surface area contributed by atoms with E-state index in [1.165, 1.54) is 22.6 Å². The van der Waals surface area contributed by atoms with E-state index in [-0.39, 0.29) is 5.41 Å². The number of carbonyl (C=O) groups is 1. The summed E-state index contributed by atoms with van der Waals surface area (Å²) in [6.07, 6.45) is 0.693. The van der Waals surface area contributed by atoms with E-state index in [0.29, 0.717) is 17.0 Å². The highest BCUT2D eigenvalue weighted by atomic mass is 32.2. The highest BCUT2D eigenvalue weighted by Crippen LogP contribution is 2.55. The van der Waals surface area contributed by atoms with Gasteiger partial charge in [-0.15, -0.1) is 11.8 Å². The maximum absolute atomic E-state index is 12.3. The molecule has 0 saturated carbocycles. The lowest BCUT2D eigenvalue weighted by Gasteiger charge is -2.27. The number of thioether (sulfide) groups is 1. The van der Waals surface area contributed by atoms with E-state index in [9.17, 15) is 4.79 Å². The van der Waals surface area contributed by atoms with Crippen LogP contribution >= 0.6 is 11.8 Å². The van der Waals surface area contributed by atoms with Gasteiger partial charge in [-0.3, -0.25) is 5.32 Å². The lowest BCUT2D eigenvalue weighted by molar-refractivity contribution is 0.215. The van der Waals surface area contributed by atoms with E-state index in [1.807, 2.05) is 48.2 Å². The summed E-state index contributed by atoms with van der Waals surface area (Å²) in [5.41, 5.74) is 4.63. The summed E-state index contributed by atoms with van der Waals surface area (Å²) in [6.45, 7) is 6.62. The van der Waals surface area contributed by atoms with Crippen LogP contribution in [0.2, 0.25) is 0 Å². The summed E-state index contributed by atoms with van der Waals surface area (Å²) in [7, 11) is 2.15. The molecule has 1 amide bonds. The number of benzene rings is 2. The molecule has 1 fully saturated rings. The van der Waals surface area contributed by atoms with Crippen LogP contribution in [0.15, 0.2) is 42.5 Å². The van der Waals surface area contributed by atoms with Gasteiger partial charge in [0.2, 0.25) is 0 Å². The van der Waals surface area contributed by atoms with E-state index < -0.39 is 6.09 Å². The predicted octanol–water partition coefficient (Wildman–Crippen LogP) is 5.59. The van der Waals surface area contributed by atoms with Gasteiger partial charge in [0.05, 0.1) is 5.37 Å². The summed E-state index contributed by atoms with van der Waals surface area (Å²) in [4.78, 5) is 14.7. The number of hydrogen-bond acceptors (Lipinski definition) is 4. The van der Waals surface area contributed by atoms with Crippen LogP contribution in [-0.4, -0.2) is 24.3 Å². The van der Waals surface area contributed by atoms with Gasteiger partial charge in [-0.1, -0.05) is 32.9 Å². The lowest BCUT2D eigenvalue weighted by Crippen LogP contribution is -2.34. The quantitative estimate of drug-likeness (QED) is 0.751. The monoisotopic (exact) mass is 382 g/mol. The van der Waals surface area contributed by atoms with Crippen LogP contribution < -0.4 is 15.0 Å². The van der Waals surface area contributed by atoms with Crippen molar-refractivity contribution in [3.8, 4) is 5.75 Å². The number of hydrogen-bond donors (Lipinski definition) is 1. The highest BCUT2D eigenvalue weighted by Gasteiger charge is 2.50. The molecule has 0 bridgehead atoms. The largest absolute Gasteiger partial charge is 0.417 e. The minimum atomic E-state index is -0.457. The van der Waals surface area contributed by atoms with Crippen LogP contribution in [-0.2, 0) is 5.41 Å². The lowest BCUT2D eigenvalue weighted by atomic mass is 9.82. The molecule has 0 aromatic heterocycles. The van der Waals surface area contributed by atoms with Crippen LogP contribution in [0.25, 0.3) is 0 Å². The third kappa shape index (κ3) is 3.18. The second kappa shape index (κ2) is 6.79. The molecule has 2 aliphatic heterocycles. The van der Waals surface area contributed by atoms with Crippen LogP contribution in [0.5, 0.6) is 5.75 Å². The average molecular weight is 383 g/mol. The summed E-state index contributed by atoms with van der Waals surface area (Å²) >= 11 is 2.01. The number of nitrogens with zero attached hydrogens (tertiary/aromatic N) is 1. The fourth-order valence-electron chi connectivity index (χ4n) is 4.17. The topological polar surface area (TPSA) is 41.6 Å². The summed E-state index contributed by atoms with van der Waals surface area (Å²) < 4.78 is 5.57. The van der Waals surface area contributed by atoms with E-state index in [0.717, 1.165) is 12.1 Å². The molecule has 2 aliphatic rings. The number of carbonyl (C=O) groups excluding carboxylic acids is 1. The van der Waals surface area contributed by atoms with Crippen molar-refractivity contribution >= 4 is 29.2 Å². The number of rotatable bonds is 3. The zero-order valence-corrected chi connectivity index (χ0v) is 17.1. The summed E-state index contributed by atoms with van der Waals surface area (Å²) in [5, 5.41) is 3.28. The van der Waals surface area contributed by atoms with Gasteiger partial charge in [-0.2, -0.15) is 0 Å². The minimum Gasteiger partial charge on any atom is -0.410 e. The standard InChI is InChI=1S/C22H26N2O2S/c1-14(2)15-5-7-16(8-6-15)23-21(25)26-17-9-10-19-18(13-17)22(3)11-12-27-20(22)24(19)4/h5-10,13-14,20H,11-12H2,1-4H3,(H,23,25). The minimum absolute atomic E-state index is 0.122. The van der Waals surface area contributed by atoms with Crippen LogP contribution in [0.4, 0.5) is 16.2 Å². The first kappa shape index (κ1) is 18.2. The van der Waals surface area contributed by atoms with Crippen molar-refractivity contribution in [3.63, 3.8) is 0 Å². The maximum Gasteiger partial charge on any atom is 0.417 e. The third-order valence-corrected chi connectivity index (χ3v) is 7.38. The molecule has 0 radical (unpaired) electrons. The second-order valence-electron chi connectivity index (χ2n) is 7.97. The Morgan fingerprint density at radius 2 is 2.00 bits per heavy atom. The van der Waals surface area contributed by atoms with Gasteiger partial charge in [-0.25, -0.2) is 4.79 Å². The van der Waals surface area contributed by atoms with Crippen LogP contribution in [0.1, 0.15) is 44.2 Å². The van der Waals surface area contributed by atoms with Crippen molar-refractivity contribution in [1.29, 1.82) is 0 Å². The molecular weight excluding hydrogens is 356 g/mol. The molecule has 27 heavy (non-hydrogen) atoms. The van der Waals surface area contributed by atoms with E-state index >= 15 is 0 Å². The van der Waals surface area contributed by atoms with Gasteiger partial charge in [0.25, 0.3) is 0 Å². The maximum atomic E-state index is 12.3. The first-order valence-electron chi connectivity index (χ1n) is 9.46. The number of amides is 1. The highest BCUT2D eigenvalue weighted by molar-refractivity contribution is 8.00. The molecule has 142 valence electrons. The third-order valence-electron chi connectivity index (χ3n) is 5.79. The number of likely N-dealkylation sites (N-methyl/N-ethyl adjacent to an activating group) is 1. The van der Waals surface area contributed by atoms with Crippen molar-refractivity contribution in [2.45, 2.75) is 43.9 Å². The summed E-state index contributed by atoms with van der Waals surface area (Å²) in [5.74, 6) is 2.23. The Kier molecular flexibility index (Phi) is 4.58. The first-order chi connectivity index (χ1) is 12.9. The fourth-order valence-corrected chi connectivity index (χ4v) is 5.88. The SMILES string of the molecule is CC(C)c1ccc(NC(=O)Oc2ccc3c(c2)C2(C)CCSC2N3C)cc1. The molecule has 4 nitrogen and oxygen atoms in total. The van der Waals surface area contributed by atoms with Gasteiger partial charge in [-0.05, 0) is 59.6 Å². The van der Waals surface area contributed by atoms with Crippen molar-refractivity contribution in [2.24, 2.45) is 0 Å². The van der Waals surface area contributed by atoms with E-state index in [1.54, 1.807) is 0 Å². The molecular formula is C22H26N2O2S. The molecule has 2 unspecified atom stereocenters. The summed E-state index contributed by atoms with van der Waals surface area (Å²) in [6, 6.07) is 13.9. The van der Waals surface area contributed by atoms with Crippen molar-refractivity contribution in [3.05, 3.63) is 53.6 Å². The Balaban J connectivity index is 1.48. The van der Waals surface area contributed by atoms with E-state index in [4.69, 9.17) is 4.74 Å². The molecule has 0 spiro atoms. The zero-order chi connectivity index (χ0) is 19.2. The van der Waals surface area contributed by atoms with Crippen molar-refractivity contribution < 1.29 is 9.53 Å². The number of anilines is 2. The van der Waals surface area contributed by atoms with Crippen molar-refractivity contribution in [1.82, 2.24) is 0 Å². The normalized spacial score (nSPS) is 23.3. The molecule has 1 N–H and O–H groups in total. The Bertz CT molecular complexity index is 865.